The molecule has 0 aromatic rings. The Morgan fingerprint density at radius 3 is 0.667 bits per heavy atom. The Bertz CT molecular complexity index is 117. The molecule has 0 atom stereocenters. The largest absolute Gasteiger partial charge is 0.481 e. The van der Waals surface area contributed by atoms with E-state index in [4.69, 9.17) is 29.7 Å². The molecule has 0 amide bonds. The molecule has 0 aromatic heterocycles. The van der Waals surface area contributed by atoms with Gasteiger partial charge < -0.3 is 26.3 Å². The van der Waals surface area contributed by atoms with Crippen molar-refractivity contribution in [2.75, 3.05) is 0 Å². The molecule has 0 bridgehead atoms. The third-order valence-electron chi connectivity index (χ3n) is 0. The Hall–Kier alpha value is -0.384. The maximum atomic E-state index is 9.00. The zero-order valence-corrected chi connectivity index (χ0v) is 10.5. The second-order valence-corrected chi connectivity index (χ2v) is 1.56. The van der Waals surface area contributed by atoms with Crippen molar-refractivity contribution >= 4 is 17.9 Å². The molecule has 1 radical (unpaired) electrons. The summed E-state index contributed by atoms with van der Waals surface area (Å²) in [7, 11) is 0. The normalized spacial score (nSPS) is 5.00. The van der Waals surface area contributed by atoms with Crippen molar-refractivity contribution in [1.29, 1.82) is 0 Å². The van der Waals surface area contributed by atoms with Gasteiger partial charge in [-0.1, -0.05) is 0 Å². The van der Waals surface area contributed by atoms with Gasteiger partial charge in [0.25, 0.3) is 17.9 Å². The van der Waals surface area contributed by atoms with Crippen LogP contribution in [0.25, 0.3) is 0 Å². The molecule has 0 spiro atoms. The van der Waals surface area contributed by atoms with Crippen LogP contribution in [0.1, 0.15) is 20.8 Å². The molecule has 0 saturated carbocycles. The molecular formula is C6H16O8Tb. The average Bonchev–Trinajstić information content (AvgIpc) is 1.54. The number of aliphatic carboxylic acids is 3. The molecule has 0 aliphatic heterocycles. The van der Waals surface area contributed by atoms with Gasteiger partial charge in [-0.05, 0) is 0 Å². The van der Waals surface area contributed by atoms with Crippen LogP contribution in [0.3, 0.4) is 0 Å². The van der Waals surface area contributed by atoms with E-state index in [1.54, 1.807) is 0 Å². The minimum Gasteiger partial charge on any atom is -0.481 e. The van der Waals surface area contributed by atoms with Gasteiger partial charge in [-0.15, -0.1) is 0 Å². The van der Waals surface area contributed by atoms with Crippen molar-refractivity contribution in [1.82, 2.24) is 0 Å². The molecule has 9 heteroatoms. The molecule has 0 aliphatic carbocycles. The van der Waals surface area contributed by atoms with Gasteiger partial charge in [0.1, 0.15) is 0 Å². The van der Waals surface area contributed by atoms with Crippen LogP contribution in [-0.4, -0.2) is 44.2 Å². The molecule has 0 heterocycles. The first-order chi connectivity index (χ1) is 5.20. The van der Waals surface area contributed by atoms with Gasteiger partial charge in [0, 0.05) is 59.4 Å². The summed E-state index contributed by atoms with van der Waals surface area (Å²) < 4.78 is 0. The molecule has 97 valence electrons. The molecule has 8 nitrogen and oxygen atoms in total. The van der Waals surface area contributed by atoms with Crippen molar-refractivity contribution in [2.24, 2.45) is 0 Å². The van der Waals surface area contributed by atoms with Crippen molar-refractivity contribution in [3.63, 3.8) is 0 Å². The van der Waals surface area contributed by atoms with Crippen LogP contribution in [-0.2, 0) is 14.4 Å². The van der Waals surface area contributed by atoms with Crippen LogP contribution in [0, 0.1) is 38.6 Å². The van der Waals surface area contributed by atoms with E-state index in [1.165, 1.54) is 0 Å². The summed E-state index contributed by atoms with van der Waals surface area (Å²) in [5.74, 6) is -2.50. The smallest absolute Gasteiger partial charge is 0.300 e. The molecule has 15 heavy (non-hydrogen) atoms. The zero-order valence-electron chi connectivity index (χ0n) is 8.40. The van der Waals surface area contributed by atoms with E-state index in [0.29, 0.717) is 0 Å². The van der Waals surface area contributed by atoms with Crippen molar-refractivity contribution < 1.29 is 79.3 Å². The quantitative estimate of drug-likeness (QED) is 0.470. The monoisotopic (exact) mass is 375 g/mol. The summed E-state index contributed by atoms with van der Waals surface area (Å²) in [6, 6.07) is 0. The summed E-state index contributed by atoms with van der Waals surface area (Å²) in [5.41, 5.74) is 0. The summed E-state index contributed by atoms with van der Waals surface area (Å²) in [6.45, 7) is 3.25. The van der Waals surface area contributed by atoms with Crippen molar-refractivity contribution in [2.45, 2.75) is 20.8 Å². The Morgan fingerprint density at radius 2 is 0.667 bits per heavy atom. The standard InChI is InChI=1S/3C2H4O2.2H2O.Tb/c3*1-2(3)4;;;/h3*1H3,(H,3,4);2*1H2;. The fraction of sp³-hybridized carbons (Fsp3) is 0.500. The fourth-order valence-electron chi connectivity index (χ4n) is 0. The Labute approximate surface area is 117 Å². The maximum absolute atomic E-state index is 9.00. The Balaban J connectivity index is -0.0000000184. The molecular weight excluding hydrogens is 359 g/mol. The number of carboxylic acids is 3. The van der Waals surface area contributed by atoms with E-state index in [0.717, 1.165) is 20.8 Å². The van der Waals surface area contributed by atoms with E-state index < -0.39 is 17.9 Å². The number of carboxylic acid groups (broad SMARTS) is 3. The van der Waals surface area contributed by atoms with Crippen LogP contribution in [0.15, 0.2) is 0 Å². The first kappa shape index (κ1) is 36.5. The second kappa shape index (κ2) is 29.2. The Kier molecular flexibility index (Phi) is 71.0. The summed E-state index contributed by atoms with van der Waals surface area (Å²) >= 11 is 0. The van der Waals surface area contributed by atoms with Gasteiger partial charge in [0.05, 0.1) is 0 Å². The average molecular weight is 375 g/mol. The third-order valence-corrected chi connectivity index (χ3v) is 0. The van der Waals surface area contributed by atoms with Gasteiger partial charge in [-0.2, -0.15) is 0 Å². The molecule has 0 unspecified atom stereocenters. The van der Waals surface area contributed by atoms with Crippen LogP contribution in [0.4, 0.5) is 0 Å². The first-order valence-electron chi connectivity index (χ1n) is 2.78. The summed E-state index contributed by atoms with van der Waals surface area (Å²) in [5, 5.41) is 22.2. The predicted octanol–water partition coefficient (Wildman–Crippen LogP) is -1.38. The Morgan fingerprint density at radius 1 is 0.667 bits per heavy atom. The van der Waals surface area contributed by atoms with Crippen LogP contribution in [0.2, 0.25) is 0 Å². The minimum atomic E-state index is -0.833. The summed E-state index contributed by atoms with van der Waals surface area (Å²) in [6.07, 6.45) is 0. The molecule has 0 aliphatic rings. The predicted molar refractivity (Wildman–Crippen MR) is 47.2 cm³/mol. The maximum Gasteiger partial charge on any atom is 0.300 e. The van der Waals surface area contributed by atoms with Crippen molar-refractivity contribution in [3.8, 4) is 0 Å². The summed E-state index contributed by atoms with van der Waals surface area (Å²) in [4.78, 5) is 27.0. The van der Waals surface area contributed by atoms with E-state index in [-0.39, 0.29) is 49.6 Å². The molecule has 7 N–H and O–H groups in total. The van der Waals surface area contributed by atoms with E-state index in [9.17, 15) is 0 Å². The van der Waals surface area contributed by atoms with Crippen molar-refractivity contribution in [3.05, 3.63) is 0 Å². The molecule has 0 saturated heterocycles. The third kappa shape index (κ3) is 12400. The van der Waals surface area contributed by atoms with Gasteiger partial charge in [0.15, 0.2) is 0 Å². The van der Waals surface area contributed by atoms with E-state index >= 15 is 0 Å². The number of rotatable bonds is 0. The van der Waals surface area contributed by atoms with Crippen LogP contribution < -0.4 is 0 Å². The number of hydrogen-bond acceptors (Lipinski definition) is 3. The van der Waals surface area contributed by atoms with E-state index in [2.05, 4.69) is 0 Å². The van der Waals surface area contributed by atoms with Gasteiger partial charge in [-0.25, -0.2) is 0 Å². The van der Waals surface area contributed by atoms with Gasteiger partial charge in [-0.3, -0.25) is 14.4 Å². The topological polar surface area (TPSA) is 175 Å². The van der Waals surface area contributed by atoms with E-state index in [1.807, 2.05) is 0 Å². The number of carbonyl (C=O) groups is 3. The van der Waals surface area contributed by atoms with Gasteiger partial charge >= 0.3 is 0 Å². The first-order valence-corrected chi connectivity index (χ1v) is 2.78. The fourth-order valence-corrected chi connectivity index (χ4v) is 0. The minimum absolute atomic E-state index is 0. The molecule has 0 aromatic carbocycles. The SMILES string of the molecule is CC(=O)O.CC(=O)O.CC(=O)O.O.O.[Tb]. The van der Waals surface area contributed by atoms with Crippen LogP contribution in [0.5, 0.6) is 0 Å². The second-order valence-electron chi connectivity index (χ2n) is 1.56. The number of hydrogen-bond donors (Lipinski definition) is 3. The zero-order chi connectivity index (χ0) is 10.7. The molecule has 0 fully saturated rings. The molecule has 0 rings (SSSR count). The van der Waals surface area contributed by atoms with Gasteiger partial charge in [0.2, 0.25) is 0 Å². The van der Waals surface area contributed by atoms with Crippen LogP contribution >= 0.6 is 0 Å².